The van der Waals surface area contributed by atoms with Crippen LogP contribution in [0.1, 0.15) is 23.7 Å². The molecule has 1 fully saturated rings. The molecule has 144 valence electrons. The van der Waals surface area contributed by atoms with Gasteiger partial charge in [0.1, 0.15) is 5.75 Å². The number of hydrogen-bond acceptors (Lipinski definition) is 3. The third-order valence-electron chi connectivity index (χ3n) is 4.83. The van der Waals surface area contributed by atoms with Gasteiger partial charge in [-0.1, -0.05) is 24.3 Å². The molecule has 4 nitrogen and oxygen atoms in total. The molecule has 3 rings (SSSR count). The van der Waals surface area contributed by atoms with Crippen molar-refractivity contribution in [3.05, 3.63) is 54.1 Å². The first kappa shape index (κ1) is 19.3. The Kier molecular flexibility index (Phi) is 6.06. The van der Waals surface area contributed by atoms with Gasteiger partial charge in [0.15, 0.2) is 0 Å². The summed E-state index contributed by atoms with van der Waals surface area (Å²) >= 11 is 0. The first-order chi connectivity index (χ1) is 12.9. The lowest BCUT2D eigenvalue weighted by Gasteiger charge is -2.28. The minimum absolute atomic E-state index is 0.0253. The van der Waals surface area contributed by atoms with E-state index in [1.807, 2.05) is 29.2 Å². The predicted molar refractivity (Wildman–Crippen MR) is 101 cm³/mol. The molecule has 0 saturated carbocycles. The Bertz CT molecular complexity index is 780. The molecule has 0 bridgehead atoms. The number of hydrogen-bond donors (Lipinski definition) is 0. The maximum Gasteiger partial charge on any atom is 0.387 e. The lowest BCUT2D eigenvalue weighted by molar-refractivity contribution is -0.0498. The Morgan fingerprint density at radius 2 is 1.85 bits per heavy atom. The Hall–Kier alpha value is -2.47. The minimum atomic E-state index is -2.84. The van der Waals surface area contributed by atoms with Crippen LogP contribution in [0, 0.1) is 0 Å². The highest BCUT2D eigenvalue weighted by Gasteiger charge is 2.25. The van der Waals surface area contributed by atoms with E-state index in [9.17, 15) is 13.6 Å². The molecule has 0 spiro atoms. The molecule has 0 aliphatic carbocycles. The number of amides is 1. The third-order valence-corrected chi connectivity index (χ3v) is 4.83. The fraction of sp³-hybridized carbons (Fsp3) is 0.381. The summed E-state index contributed by atoms with van der Waals surface area (Å²) in [6.07, 6.45) is 0.956. The Balaban J connectivity index is 1.79. The van der Waals surface area contributed by atoms with Gasteiger partial charge in [-0.25, -0.2) is 0 Å². The van der Waals surface area contributed by atoms with Gasteiger partial charge in [0, 0.05) is 24.7 Å². The van der Waals surface area contributed by atoms with Crippen LogP contribution in [-0.2, 0) is 0 Å². The molecule has 27 heavy (non-hydrogen) atoms. The highest BCUT2D eigenvalue weighted by Crippen LogP contribution is 2.25. The Morgan fingerprint density at radius 1 is 1.11 bits per heavy atom. The number of carbonyl (C=O) groups excluding carboxylic acids is 1. The monoisotopic (exact) mass is 374 g/mol. The molecule has 0 N–H and O–H groups in total. The fourth-order valence-corrected chi connectivity index (χ4v) is 3.50. The zero-order valence-electron chi connectivity index (χ0n) is 15.6. The summed E-state index contributed by atoms with van der Waals surface area (Å²) in [6, 6.07) is 14.0. The van der Waals surface area contributed by atoms with E-state index in [1.165, 1.54) is 12.1 Å². The number of likely N-dealkylation sites (N-methyl/N-ethyl adjacent to an activating group) is 1. The van der Waals surface area contributed by atoms with Crippen LogP contribution < -0.4 is 4.74 Å². The zero-order valence-corrected chi connectivity index (χ0v) is 15.6. The van der Waals surface area contributed by atoms with Crippen LogP contribution in [0.5, 0.6) is 5.75 Å². The van der Waals surface area contributed by atoms with Crippen molar-refractivity contribution in [1.82, 2.24) is 9.80 Å². The molecule has 0 unspecified atom stereocenters. The van der Waals surface area contributed by atoms with Crippen LogP contribution in [0.4, 0.5) is 8.78 Å². The number of rotatable bonds is 4. The van der Waals surface area contributed by atoms with Crippen molar-refractivity contribution in [3.63, 3.8) is 0 Å². The summed E-state index contributed by atoms with van der Waals surface area (Å²) in [6.45, 7) is 1.82. The van der Waals surface area contributed by atoms with Crippen LogP contribution >= 0.6 is 0 Å². The molecule has 6 heteroatoms. The first-order valence-electron chi connectivity index (χ1n) is 9.09. The third kappa shape index (κ3) is 4.83. The molecule has 0 aromatic heterocycles. The van der Waals surface area contributed by atoms with Crippen LogP contribution in [0.25, 0.3) is 11.1 Å². The van der Waals surface area contributed by atoms with Crippen LogP contribution in [-0.4, -0.2) is 55.0 Å². The molecule has 1 heterocycles. The first-order valence-corrected chi connectivity index (χ1v) is 9.09. The van der Waals surface area contributed by atoms with Crippen molar-refractivity contribution >= 4 is 5.91 Å². The quantitative estimate of drug-likeness (QED) is 0.807. The second-order valence-corrected chi connectivity index (χ2v) is 6.95. The summed E-state index contributed by atoms with van der Waals surface area (Å²) in [4.78, 5) is 17.2. The maximum absolute atomic E-state index is 13.0. The number of carbonyl (C=O) groups is 1. The number of halogens is 2. The van der Waals surface area contributed by atoms with Gasteiger partial charge in [-0.05, 0) is 62.3 Å². The number of alkyl halides is 2. The van der Waals surface area contributed by atoms with E-state index in [0.29, 0.717) is 5.56 Å². The second kappa shape index (κ2) is 8.48. The molecule has 2 aromatic rings. The van der Waals surface area contributed by atoms with Gasteiger partial charge >= 0.3 is 6.61 Å². The lowest BCUT2D eigenvalue weighted by atomic mass is 10.0. The predicted octanol–water partition coefficient (Wildman–Crippen LogP) is 4.12. The number of benzene rings is 2. The molecule has 1 saturated heterocycles. The molecule has 1 amide bonds. The van der Waals surface area contributed by atoms with Gasteiger partial charge < -0.3 is 14.5 Å². The van der Waals surface area contributed by atoms with E-state index in [-0.39, 0.29) is 17.7 Å². The van der Waals surface area contributed by atoms with E-state index in [2.05, 4.69) is 23.6 Å². The van der Waals surface area contributed by atoms with E-state index in [1.54, 1.807) is 12.1 Å². The molecular formula is C21H24F2N2O2. The highest BCUT2D eigenvalue weighted by atomic mass is 19.3. The summed E-state index contributed by atoms with van der Waals surface area (Å²) in [7, 11) is 2.08. The van der Waals surface area contributed by atoms with Crippen molar-refractivity contribution in [2.75, 3.05) is 26.7 Å². The average Bonchev–Trinajstić information content (AvgIpc) is 2.81. The summed E-state index contributed by atoms with van der Waals surface area (Å²) in [5.41, 5.74) is 2.34. The molecule has 1 atom stereocenters. The average molecular weight is 374 g/mol. The van der Waals surface area contributed by atoms with Gasteiger partial charge in [0.25, 0.3) is 5.91 Å². The summed E-state index contributed by atoms with van der Waals surface area (Å²) < 4.78 is 28.9. The van der Waals surface area contributed by atoms with Crippen molar-refractivity contribution in [3.8, 4) is 16.9 Å². The smallest absolute Gasteiger partial charge is 0.387 e. The number of nitrogens with zero attached hydrogens (tertiary/aromatic N) is 2. The van der Waals surface area contributed by atoms with Crippen LogP contribution in [0.2, 0.25) is 0 Å². The standard InChI is InChI=1S/C21H24F2N2O2/c1-15-14-24(2)11-4-12-25(15)20(26)18-6-3-5-17(13-18)16-7-9-19(10-8-16)27-21(22)23/h3,5-10,13,15,21H,4,11-12,14H2,1-2H3/t15-/m1/s1. The second-order valence-electron chi connectivity index (χ2n) is 6.95. The van der Waals surface area contributed by atoms with Gasteiger partial charge in [0.05, 0.1) is 0 Å². The van der Waals surface area contributed by atoms with Gasteiger partial charge in [-0.15, -0.1) is 0 Å². The molecule has 1 aliphatic rings. The van der Waals surface area contributed by atoms with Crippen LogP contribution in [0.15, 0.2) is 48.5 Å². The minimum Gasteiger partial charge on any atom is -0.435 e. The Labute approximate surface area is 158 Å². The van der Waals surface area contributed by atoms with Gasteiger partial charge in [0.2, 0.25) is 0 Å². The molecule has 2 aromatic carbocycles. The lowest BCUT2D eigenvalue weighted by Crippen LogP contribution is -2.42. The normalized spacial score (nSPS) is 18.4. The van der Waals surface area contributed by atoms with Crippen molar-refractivity contribution < 1.29 is 18.3 Å². The maximum atomic E-state index is 13.0. The zero-order chi connectivity index (χ0) is 19.4. The van der Waals surface area contributed by atoms with E-state index in [4.69, 9.17) is 0 Å². The highest BCUT2D eigenvalue weighted by molar-refractivity contribution is 5.95. The summed E-state index contributed by atoms with van der Waals surface area (Å²) in [5.74, 6) is 0.140. The molecule has 1 aliphatic heterocycles. The van der Waals surface area contributed by atoms with Gasteiger partial charge in [-0.3, -0.25) is 4.79 Å². The Morgan fingerprint density at radius 3 is 2.56 bits per heavy atom. The molecular weight excluding hydrogens is 350 g/mol. The van der Waals surface area contributed by atoms with Crippen molar-refractivity contribution in [2.45, 2.75) is 26.0 Å². The van der Waals surface area contributed by atoms with E-state index >= 15 is 0 Å². The molecule has 0 radical (unpaired) electrons. The summed E-state index contributed by atoms with van der Waals surface area (Å²) in [5, 5.41) is 0. The van der Waals surface area contributed by atoms with Gasteiger partial charge in [-0.2, -0.15) is 8.78 Å². The van der Waals surface area contributed by atoms with E-state index < -0.39 is 6.61 Å². The van der Waals surface area contributed by atoms with Crippen molar-refractivity contribution in [2.24, 2.45) is 0 Å². The number of ether oxygens (including phenoxy) is 1. The fourth-order valence-electron chi connectivity index (χ4n) is 3.50. The van der Waals surface area contributed by atoms with Crippen molar-refractivity contribution in [1.29, 1.82) is 0 Å². The SMILES string of the molecule is C[C@@H]1CN(C)CCCN1C(=O)c1cccc(-c2ccc(OC(F)F)cc2)c1. The van der Waals surface area contributed by atoms with E-state index in [0.717, 1.165) is 37.2 Å². The largest absolute Gasteiger partial charge is 0.435 e. The van der Waals surface area contributed by atoms with Crippen LogP contribution in [0.3, 0.4) is 0 Å². The topological polar surface area (TPSA) is 32.8 Å².